The van der Waals surface area contributed by atoms with E-state index in [0.29, 0.717) is 0 Å². The fourth-order valence-electron chi connectivity index (χ4n) is 0.775. The molecule has 0 saturated carbocycles. The van der Waals surface area contributed by atoms with Crippen molar-refractivity contribution in [2.24, 2.45) is 0 Å². The molecule has 0 radical (unpaired) electrons. The van der Waals surface area contributed by atoms with Crippen molar-refractivity contribution in [3.8, 4) is 0 Å². The zero-order valence-electron chi connectivity index (χ0n) is 7.47. The maximum Gasteiger partial charge on any atom is 0.343 e. The zero-order valence-corrected chi connectivity index (χ0v) is 7.47. The van der Waals surface area contributed by atoms with Gasteiger partial charge in [0.2, 0.25) is 0 Å². The van der Waals surface area contributed by atoms with Crippen LogP contribution in [0.15, 0.2) is 11.3 Å². The van der Waals surface area contributed by atoms with E-state index < -0.39 is 5.97 Å². The standard InChI is InChI=1S/C8H13NO3/c1-4-12-8(11)7(5(2)9)6(3)10/h9-10H,4H2,1-3H3/b7-6-,9-5?. The van der Waals surface area contributed by atoms with Gasteiger partial charge in [-0.15, -0.1) is 0 Å². The van der Waals surface area contributed by atoms with Crippen molar-refractivity contribution in [3.63, 3.8) is 0 Å². The summed E-state index contributed by atoms with van der Waals surface area (Å²) >= 11 is 0. The Morgan fingerprint density at radius 3 is 2.25 bits per heavy atom. The second-order valence-corrected chi connectivity index (χ2v) is 2.31. The van der Waals surface area contributed by atoms with Gasteiger partial charge in [0.1, 0.15) is 11.3 Å². The molecule has 68 valence electrons. The Bertz CT molecular complexity index is 226. The summed E-state index contributed by atoms with van der Waals surface area (Å²) in [5, 5.41) is 16.2. The predicted octanol–water partition coefficient (Wildman–Crippen LogP) is 1.42. The van der Waals surface area contributed by atoms with Crippen LogP contribution in [0.5, 0.6) is 0 Å². The van der Waals surface area contributed by atoms with E-state index in [9.17, 15) is 4.79 Å². The van der Waals surface area contributed by atoms with E-state index >= 15 is 0 Å². The number of aliphatic hydroxyl groups is 1. The van der Waals surface area contributed by atoms with Crippen molar-refractivity contribution in [3.05, 3.63) is 11.3 Å². The molecule has 0 unspecified atom stereocenters. The summed E-state index contributed by atoms with van der Waals surface area (Å²) in [6.45, 7) is 4.68. The number of allylic oxidation sites excluding steroid dienone is 1. The fraction of sp³-hybridized carbons (Fsp3) is 0.500. The molecule has 0 atom stereocenters. The highest BCUT2D eigenvalue weighted by molar-refractivity contribution is 6.17. The van der Waals surface area contributed by atoms with E-state index in [2.05, 4.69) is 4.74 Å². The molecule has 0 rings (SSSR count). The highest BCUT2D eigenvalue weighted by Gasteiger charge is 2.15. The van der Waals surface area contributed by atoms with Gasteiger partial charge in [0.25, 0.3) is 0 Å². The van der Waals surface area contributed by atoms with Crippen molar-refractivity contribution in [2.75, 3.05) is 6.61 Å². The number of carbonyl (C=O) groups excluding carboxylic acids is 1. The van der Waals surface area contributed by atoms with Crippen LogP contribution in [-0.2, 0) is 9.53 Å². The van der Waals surface area contributed by atoms with Crippen molar-refractivity contribution >= 4 is 11.7 Å². The number of esters is 1. The minimum Gasteiger partial charge on any atom is -0.512 e. The minimum absolute atomic E-state index is 0.00782. The number of carbonyl (C=O) groups is 1. The van der Waals surface area contributed by atoms with E-state index in [0.717, 1.165) is 0 Å². The van der Waals surface area contributed by atoms with Gasteiger partial charge in [-0.1, -0.05) is 0 Å². The van der Waals surface area contributed by atoms with Gasteiger partial charge >= 0.3 is 5.97 Å². The highest BCUT2D eigenvalue weighted by atomic mass is 16.5. The van der Waals surface area contributed by atoms with Gasteiger partial charge in [-0.05, 0) is 20.8 Å². The summed E-state index contributed by atoms with van der Waals surface area (Å²) in [6, 6.07) is 0. The van der Waals surface area contributed by atoms with E-state index in [-0.39, 0.29) is 23.7 Å². The third-order valence-electron chi connectivity index (χ3n) is 1.22. The smallest absolute Gasteiger partial charge is 0.343 e. The molecule has 0 saturated heterocycles. The first-order chi connectivity index (χ1) is 5.50. The lowest BCUT2D eigenvalue weighted by Crippen LogP contribution is -2.15. The number of aliphatic hydroxyl groups excluding tert-OH is 1. The number of rotatable bonds is 3. The summed E-state index contributed by atoms with van der Waals surface area (Å²) in [7, 11) is 0. The third-order valence-corrected chi connectivity index (χ3v) is 1.22. The van der Waals surface area contributed by atoms with Crippen molar-refractivity contribution in [1.29, 1.82) is 5.41 Å². The molecule has 0 aliphatic rings. The van der Waals surface area contributed by atoms with Crippen LogP contribution >= 0.6 is 0 Å². The van der Waals surface area contributed by atoms with Gasteiger partial charge in [-0.2, -0.15) is 0 Å². The molecule has 4 nitrogen and oxygen atoms in total. The molecular formula is C8H13NO3. The van der Waals surface area contributed by atoms with Gasteiger partial charge in [0.05, 0.1) is 6.61 Å². The Hall–Kier alpha value is -1.32. The molecule has 0 aromatic carbocycles. The Morgan fingerprint density at radius 1 is 1.50 bits per heavy atom. The summed E-state index contributed by atoms with van der Waals surface area (Å²) in [4.78, 5) is 11.0. The second-order valence-electron chi connectivity index (χ2n) is 2.31. The summed E-state index contributed by atoms with van der Waals surface area (Å²) < 4.78 is 4.63. The van der Waals surface area contributed by atoms with Crippen LogP contribution in [0.2, 0.25) is 0 Å². The minimum atomic E-state index is -0.648. The van der Waals surface area contributed by atoms with Crippen LogP contribution < -0.4 is 0 Å². The van der Waals surface area contributed by atoms with Gasteiger partial charge in [0, 0.05) is 5.71 Å². The van der Waals surface area contributed by atoms with Crippen molar-refractivity contribution in [1.82, 2.24) is 0 Å². The number of hydrogen-bond donors (Lipinski definition) is 2. The van der Waals surface area contributed by atoms with Crippen LogP contribution in [0, 0.1) is 5.41 Å². The molecule has 0 heterocycles. The SMILES string of the molecule is CCOC(=O)/C(C(C)=N)=C(/C)O. The summed E-state index contributed by atoms with van der Waals surface area (Å²) in [5.41, 5.74) is -0.0506. The van der Waals surface area contributed by atoms with Crippen LogP contribution in [0.1, 0.15) is 20.8 Å². The molecule has 0 aromatic rings. The van der Waals surface area contributed by atoms with Gasteiger partial charge < -0.3 is 15.3 Å². The molecule has 2 N–H and O–H groups in total. The predicted molar refractivity (Wildman–Crippen MR) is 45.4 cm³/mol. The molecule has 0 aliphatic carbocycles. The Morgan fingerprint density at radius 2 is 2.00 bits per heavy atom. The largest absolute Gasteiger partial charge is 0.512 e. The average Bonchev–Trinajstić information content (AvgIpc) is 1.85. The second kappa shape index (κ2) is 4.54. The van der Waals surface area contributed by atoms with E-state index in [1.165, 1.54) is 13.8 Å². The van der Waals surface area contributed by atoms with Crippen LogP contribution in [0.25, 0.3) is 0 Å². The summed E-state index contributed by atoms with van der Waals surface area (Å²) in [6.07, 6.45) is 0. The Balaban J connectivity index is 4.67. The number of ether oxygens (including phenoxy) is 1. The summed E-state index contributed by atoms with van der Waals surface area (Å²) in [5.74, 6) is -0.828. The highest BCUT2D eigenvalue weighted by Crippen LogP contribution is 2.05. The van der Waals surface area contributed by atoms with Gasteiger partial charge in [0.15, 0.2) is 0 Å². The van der Waals surface area contributed by atoms with Crippen molar-refractivity contribution < 1.29 is 14.6 Å². The average molecular weight is 171 g/mol. The third kappa shape index (κ3) is 2.74. The van der Waals surface area contributed by atoms with Crippen LogP contribution in [-0.4, -0.2) is 23.4 Å². The van der Waals surface area contributed by atoms with Gasteiger partial charge in [-0.25, -0.2) is 4.79 Å². The van der Waals surface area contributed by atoms with E-state index in [1.54, 1.807) is 6.92 Å². The molecular weight excluding hydrogens is 158 g/mol. The molecule has 0 spiro atoms. The maximum absolute atomic E-state index is 11.0. The molecule has 4 heteroatoms. The first-order valence-electron chi connectivity index (χ1n) is 3.63. The Labute approximate surface area is 71.4 Å². The lowest BCUT2D eigenvalue weighted by Gasteiger charge is -2.05. The van der Waals surface area contributed by atoms with Crippen LogP contribution in [0.4, 0.5) is 0 Å². The fourth-order valence-corrected chi connectivity index (χ4v) is 0.775. The van der Waals surface area contributed by atoms with Crippen LogP contribution in [0.3, 0.4) is 0 Å². The lowest BCUT2D eigenvalue weighted by atomic mass is 10.1. The van der Waals surface area contributed by atoms with E-state index in [1.807, 2.05) is 0 Å². The molecule has 0 fully saturated rings. The molecule has 0 aromatic heterocycles. The Kier molecular flexibility index (Phi) is 4.04. The maximum atomic E-state index is 11.0. The first kappa shape index (κ1) is 10.7. The first-order valence-corrected chi connectivity index (χ1v) is 3.63. The molecule has 0 aliphatic heterocycles. The van der Waals surface area contributed by atoms with Crippen molar-refractivity contribution in [2.45, 2.75) is 20.8 Å². The quantitative estimate of drug-likeness (QED) is 0.292. The zero-order chi connectivity index (χ0) is 9.72. The molecule has 12 heavy (non-hydrogen) atoms. The molecule has 0 amide bonds. The van der Waals surface area contributed by atoms with Gasteiger partial charge in [-0.3, -0.25) is 0 Å². The number of nitrogens with one attached hydrogen (secondary N) is 1. The van der Waals surface area contributed by atoms with E-state index in [4.69, 9.17) is 10.5 Å². The monoisotopic (exact) mass is 171 g/mol. The topological polar surface area (TPSA) is 70.4 Å². The normalized spacial score (nSPS) is 11.9. The number of hydrogen-bond acceptors (Lipinski definition) is 4. The molecule has 0 bridgehead atoms. The lowest BCUT2D eigenvalue weighted by molar-refractivity contribution is -0.138.